The molecule has 0 saturated heterocycles. The Kier molecular flexibility index (Phi) is 3.42. The predicted molar refractivity (Wildman–Crippen MR) is 64.4 cm³/mol. The van der Waals surface area contributed by atoms with Crippen LogP contribution in [0, 0.1) is 10.1 Å². The molecule has 0 radical (unpaired) electrons. The number of non-ortho nitro benzene ring substituents is 1. The summed E-state index contributed by atoms with van der Waals surface area (Å²) < 4.78 is 39.2. The minimum absolute atomic E-state index is 0.0576. The lowest BCUT2D eigenvalue weighted by atomic mass is 10.2. The molecule has 0 aliphatic rings. The molecule has 0 saturated carbocycles. The summed E-state index contributed by atoms with van der Waals surface area (Å²) in [6, 6.07) is 4.85. The molecule has 0 atom stereocenters. The molecule has 2 aromatic rings. The molecule has 21 heavy (non-hydrogen) atoms. The summed E-state index contributed by atoms with van der Waals surface area (Å²) in [5.74, 6) is -1.73. The van der Waals surface area contributed by atoms with E-state index in [1.807, 2.05) is 0 Å². The first kappa shape index (κ1) is 14.6. The first-order valence-corrected chi connectivity index (χ1v) is 5.47. The second-order valence-corrected chi connectivity index (χ2v) is 4.07. The van der Waals surface area contributed by atoms with Crippen molar-refractivity contribution in [1.82, 2.24) is 4.57 Å². The Balaban J connectivity index is 2.58. The number of carboxylic acids is 1. The molecule has 0 unspecified atom stereocenters. The van der Waals surface area contributed by atoms with E-state index in [1.54, 1.807) is 0 Å². The van der Waals surface area contributed by atoms with E-state index >= 15 is 0 Å². The van der Waals surface area contributed by atoms with Gasteiger partial charge < -0.3 is 9.67 Å². The summed E-state index contributed by atoms with van der Waals surface area (Å²) in [6.45, 7) is 0. The van der Waals surface area contributed by atoms with Gasteiger partial charge in [-0.25, -0.2) is 4.79 Å². The first-order valence-electron chi connectivity index (χ1n) is 5.47. The summed E-state index contributed by atoms with van der Waals surface area (Å²) in [7, 11) is 0. The zero-order chi connectivity index (χ0) is 15.8. The number of hydrogen-bond donors (Lipinski definition) is 1. The third kappa shape index (κ3) is 2.86. The third-order valence-corrected chi connectivity index (χ3v) is 2.70. The van der Waals surface area contributed by atoms with E-state index in [-0.39, 0.29) is 11.4 Å². The normalized spacial score (nSPS) is 11.4. The number of alkyl halides is 3. The van der Waals surface area contributed by atoms with Crippen molar-refractivity contribution in [3.63, 3.8) is 0 Å². The van der Waals surface area contributed by atoms with Crippen molar-refractivity contribution in [2.24, 2.45) is 0 Å². The van der Waals surface area contributed by atoms with Crippen molar-refractivity contribution in [1.29, 1.82) is 0 Å². The Morgan fingerprint density at radius 1 is 1.29 bits per heavy atom. The van der Waals surface area contributed by atoms with Crippen molar-refractivity contribution in [3.8, 4) is 5.69 Å². The summed E-state index contributed by atoms with van der Waals surface area (Å²) in [6.07, 6.45) is -3.48. The Morgan fingerprint density at radius 2 is 1.95 bits per heavy atom. The second-order valence-electron chi connectivity index (χ2n) is 4.07. The van der Waals surface area contributed by atoms with E-state index in [0.717, 1.165) is 16.8 Å². The largest absolute Gasteiger partial charge is 0.478 e. The molecule has 0 aliphatic heterocycles. The topological polar surface area (TPSA) is 85.4 Å². The summed E-state index contributed by atoms with van der Waals surface area (Å²) in [5.41, 5.74) is -2.50. The van der Waals surface area contributed by atoms with Gasteiger partial charge in [0.25, 0.3) is 5.69 Å². The molecule has 9 heteroatoms. The van der Waals surface area contributed by atoms with Crippen LogP contribution >= 0.6 is 0 Å². The predicted octanol–water partition coefficient (Wildman–Crippen LogP) is 3.10. The molecule has 1 aromatic carbocycles. The van der Waals surface area contributed by atoms with E-state index in [9.17, 15) is 28.1 Å². The molecule has 0 fully saturated rings. The fraction of sp³-hybridized carbons (Fsp3) is 0.0833. The zero-order valence-electron chi connectivity index (χ0n) is 10.2. The highest BCUT2D eigenvalue weighted by Crippen LogP contribution is 2.33. The monoisotopic (exact) mass is 300 g/mol. The van der Waals surface area contributed by atoms with Crippen LogP contribution in [0.2, 0.25) is 0 Å². The van der Waals surface area contributed by atoms with Crippen LogP contribution in [0.4, 0.5) is 18.9 Å². The summed E-state index contributed by atoms with van der Waals surface area (Å²) >= 11 is 0. The van der Waals surface area contributed by atoms with Crippen molar-refractivity contribution < 1.29 is 28.0 Å². The van der Waals surface area contributed by atoms with E-state index in [4.69, 9.17) is 5.11 Å². The number of carboxylic acid groups (broad SMARTS) is 1. The first-order chi connectivity index (χ1) is 9.70. The lowest BCUT2D eigenvalue weighted by Gasteiger charge is -2.04. The van der Waals surface area contributed by atoms with Crippen LogP contribution in [0.1, 0.15) is 15.9 Å². The number of aromatic nitrogens is 1. The number of halogens is 3. The Bertz CT molecular complexity index is 722. The van der Waals surface area contributed by atoms with E-state index in [1.165, 1.54) is 18.2 Å². The molecule has 1 heterocycles. The highest BCUT2D eigenvalue weighted by molar-refractivity contribution is 5.89. The van der Waals surface area contributed by atoms with Gasteiger partial charge in [-0.15, -0.1) is 0 Å². The van der Waals surface area contributed by atoms with Gasteiger partial charge in [-0.2, -0.15) is 13.2 Å². The van der Waals surface area contributed by atoms with Crippen molar-refractivity contribution in [3.05, 3.63) is 57.9 Å². The molecule has 110 valence electrons. The smallest absolute Gasteiger partial charge is 0.418 e. The van der Waals surface area contributed by atoms with Crippen LogP contribution in [0.15, 0.2) is 36.7 Å². The number of aromatic carboxylic acids is 1. The lowest BCUT2D eigenvalue weighted by molar-refractivity contribution is -0.384. The van der Waals surface area contributed by atoms with E-state index in [0.29, 0.717) is 6.20 Å². The van der Waals surface area contributed by atoms with Crippen LogP contribution in [0.5, 0.6) is 0 Å². The number of carbonyl (C=O) groups is 1. The highest BCUT2D eigenvalue weighted by atomic mass is 19.4. The molecule has 6 nitrogen and oxygen atoms in total. The van der Waals surface area contributed by atoms with Crippen LogP contribution in [0.3, 0.4) is 0 Å². The molecular weight excluding hydrogens is 293 g/mol. The SMILES string of the molecule is O=C(O)c1cn(-c2cccc([N+](=O)[O-])c2)cc1C(F)(F)F. The minimum atomic E-state index is -4.83. The van der Waals surface area contributed by atoms with Gasteiger partial charge in [0, 0.05) is 24.5 Å². The van der Waals surface area contributed by atoms with Gasteiger partial charge >= 0.3 is 12.1 Å². The maximum atomic E-state index is 12.8. The van der Waals surface area contributed by atoms with Gasteiger partial charge in [0.1, 0.15) is 0 Å². The molecular formula is C12H7F3N2O4. The van der Waals surface area contributed by atoms with Crippen molar-refractivity contribution in [2.75, 3.05) is 0 Å². The van der Waals surface area contributed by atoms with Crippen LogP contribution in [0.25, 0.3) is 5.69 Å². The third-order valence-electron chi connectivity index (χ3n) is 2.70. The maximum absolute atomic E-state index is 12.8. The maximum Gasteiger partial charge on any atom is 0.418 e. The number of nitrogens with zero attached hydrogens (tertiary/aromatic N) is 2. The summed E-state index contributed by atoms with van der Waals surface area (Å²) in [4.78, 5) is 20.8. The lowest BCUT2D eigenvalue weighted by Crippen LogP contribution is -2.09. The fourth-order valence-electron chi connectivity index (χ4n) is 1.77. The highest BCUT2D eigenvalue weighted by Gasteiger charge is 2.37. The Hall–Kier alpha value is -2.84. The molecule has 1 aromatic heterocycles. The van der Waals surface area contributed by atoms with Gasteiger partial charge in [-0.05, 0) is 6.07 Å². The quantitative estimate of drug-likeness (QED) is 0.697. The fourth-order valence-corrected chi connectivity index (χ4v) is 1.77. The Labute approximate surface area is 115 Å². The number of nitro groups is 1. The average molecular weight is 300 g/mol. The molecule has 2 rings (SSSR count). The Morgan fingerprint density at radius 3 is 2.43 bits per heavy atom. The second kappa shape index (κ2) is 4.93. The van der Waals surface area contributed by atoms with Gasteiger partial charge in [-0.3, -0.25) is 10.1 Å². The number of benzene rings is 1. The minimum Gasteiger partial charge on any atom is -0.478 e. The molecule has 0 bridgehead atoms. The van der Waals surface area contributed by atoms with Gasteiger partial charge in [0.2, 0.25) is 0 Å². The molecule has 0 amide bonds. The van der Waals surface area contributed by atoms with Crippen LogP contribution in [-0.2, 0) is 6.18 Å². The van der Waals surface area contributed by atoms with Gasteiger partial charge in [0.05, 0.1) is 21.7 Å². The van der Waals surface area contributed by atoms with E-state index in [2.05, 4.69) is 0 Å². The number of nitro benzene ring substituents is 1. The van der Waals surface area contributed by atoms with Crippen LogP contribution in [-0.4, -0.2) is 20.6 Å². The summed E-state index contributed by atoms with van der Waals surface area (Å²) in [5, 5.41) is 19.5. The van der Waals surface area contributed by atoms with Gasteiger partial charge in [0.15, 0.2) is 0 Å². The molecule has 1 N–H and O–H groups in total. The zero-order valence-corrected chi connectivity index (χ0v) is 10.2. The van der Waals surface area contributed by atoms with Crippen molar-refractivity contribution in [2.45, 2.75) is 6.18 Å². The number of rotatable bonds is 3. The van der Waals surface area contributed by atoms with Gasteiger partial charge in [-0.1, -0.05) is 6.07 Å². The van der Waals surface area contributed by atoms with Crippen LogP contribution < -0.4 is 0 Å². The van der Waals surface area contributed by atoms with Crippen molar-refractivity contribution >= 4 is 11.7 Å². The van der Waals surface area contributed by atoms with E-state index < -0.39 is 28.2 Å². The molecule has 0 spiro atoms. The average Bonchev–Trinajstić information content (AvgIpc) is 2.84. The molecule has 0 aliphatic carbocycles. The standard InChI is InChI=1S/C12H7F3N2O4/c13-12(14,15)10-6-16(5-9(10)11(18)19)7-2-1-3-8(4-7)17(20)21/h1-6H,(H,18,19). The number of hydrogen-bond acceptors (Lipinski definition) is 3.